The number of azide groups is 1. The summed E-state index contributed by atoms with van der Waals surface area (Å²) < 4.78 is 0. The van der Waals surface area contributed by atoms with Gasteiger partial charge in [0.05, 0.1) is 6.54 Å². The van der Waals surface area contributed by atoms with Gasteiger partial charge in [-0.2, -0.15) is 0 Å². The Morgan fingerprint density at radius 1 is 1.78 bits per heavy atom. The number of ketones is 1. The fourth-order valence-corrected chi connectivity index (χ4v) is 0.190. The number of hydrogen-bond acceptors (Lipinski definition) is 2. The maximum absolute atomic E-state index is 10.2. The van der Waals surface area contributed by atoms with E-state index in [1.807, 2.05) is 0 Å². The molecule has 0 saturated heterocycles. The number of carbonyl (C=O) groups excluding carboxylic acids is 1. The molecule has 0 aliphatic rings. The van der Waals surface area contributed by atoms with E-state index < -0.39 is 0 Å². The third-order valence-electron chi connectivity index (χ3n) is 0.589. The summed E-state index contributed by atoms with van der Waals surface area (Å²) in [4.78, 5) is 12.6. The Balaban J connectivity index is 0. The van der Waals surface area contributed by atoms with Crippen LogP contribution < -0.4 is 0 Å². The molecule has 0 aromatic rings. The quantitative estimate of drug-likeness (QED) is 0.291. The first-order valence-corrected chi connectivity index (χ1v) is 2.13. The summed E-state index contributed by atoms with van der Waals surface area (Å²) in [6.07, 6.45) is 0.193. The summed E-state index contributed by atoms with van der Waals surface area (Å²) in [6, 6.07) is 0. The van der Waals surface area contributed by atoms with Gasteiger partial charge >= 0.3 is 0 Å². The van der Waals surface area contributed by atoms with Gasteiger partial charge in [-0.15, -0.1) is 6.42 Å². The Labute approximate surface area is 78.5 Å². The van der Waals surface area contributed by atoms with Gasteiger partial charge in [0.15, 0.2) is 0 Å². The molecule has 0 saturated carbocycles. The van der Waals surface area contributed by atoms with Crippen molar-refractivity contribution in [1.82, 2.24) is 0 Å². The maximum atomic E-state index is 10.2. The van der Waals surface area contributed by atoms with E-state index >= 15 is 0 Å². The Morgan fingerprint density at radius 3 is 2.67 bits per heavy atom. The second-order valence-corrected chi connectivity index (χ2v) is 1.18. The third-order valence-corrected chi connectivity index (χ3v) is 0.589. The van der Waals surface area contributed by atoms with E-state index in [2.05, 4.69) is 16.9 Å². The topological polar surface area (TPSA) is 65.8 Å². The molecule has 0 bridgehead atoms. The average molecular weight is 201 g/mol. The molecule has 1 radical (unpaired) electrons. The fraction of sp³-hybridized carbons (Fsp3) is 0.500. The zero-order chi connectivity index (χ0) is 6.41. The van der Waals surface area contributed by atoms with Crippen LogP contribution in [0.5, 0.6) is 0 Å². The predicted molar refractivity (Wildman–Crippen MR) is 29.0 cm³/mol. The van der Waals surface area contributed by atoms with Crippen molar-refractivity contribution >= 4 is 5.78 Å². The van der Waals surface area contributed by atoms with E-state index in [1.54, 1.807) is 0 Å². The van der Waals surface area contributed by atoms with Crippen molar-refractivity contribution in [3.05, 3.63) is 17.4 Å². The molecule has 0 atom stereocenters. The van der Waals surface area contributed by atoms with E-state index in [-0.39, 0.29) is 51.5 Å². The molecule has 0 unspecified atom stereocenters. The molecule has 0 N–H and O–H groups in total. The van der Waals surface area contributed by atoms with Crippen LogP contribution in [-0.4, -0.2) is 12.3 Å². The van der Waals surface area contributed by atoms with Gasteiger partial charge in [-0.3, -0.25) is 0 Å². The van der Waals surface area contributed by atoms with Crippen LogP contribution in [0.1, 0.15) is 6.42 Å². The molecule has 0 aliphatic heterocycles. The molecule has 0 amide bonds. The number of carbonyl (C=O) groups is 1. The van der Waals surface area contributed by atoms with Gasteiger partial charge in [0.25, 0.3) is 0 Å². The van der Waals surface area contributed by atoms with E-state index in [4.69, 9.17) is 5.53 Å². The van der Waals surface area contributed by atoms with Gasteiger partial charge in [0, 0.05) is 37.6 Å². The van der Waals surface area contributed by atoms with Crippen LogP contribution in [0.25, 0.3) is 10.4 Å². The van der Waals surface area contributed by atoms with Gasteiger partial charge in [0.2, 0.25) is 0 Å². The minimum Gasteiger partial charge on any atom is -0.336 e. The standard InChI is InChI=1S/C4H6N3O.Y/c1-2-4(8)3-6-7-5;/h1-3H2;/q-1;. The Bertz CT molecular complexity index is 130. The normalized spacial score (nSPS) is 6.78. The third kappa shape index (κ3) is 8.08. The second-order valence-electron chi connectivity index (χ2n) is 1.18. The molecule has 5 heteroatoms. The Kier molecular flexibility index (Phi) is 10.6. The summed E-state index contributed by atoms with van der Waals surface area (Å²) in [5.41, 5.74) is 7.70. The van der Waals surface area contributed by atoms with Crippen molar-refractivity contribution in [2.24, 2.45) is 5.11 Å². The maximum Gasteiger partial charge on any atom is 0.109 e. The van der Waals surface area contributed by atoms with Crippen molar-refractivity contribution in [2.45, 2.75) is 6.42 Å². The zero-order valence-electron chi connectivity index (χ0n) is 4.95. The van der Waals surface area contributed by atoms with E-state index in [9.17, 15) is 4.79 Å². The summed E-state index contributed by atoms with van der Waals surface area (Å²) >= 11 is 0. The van der Waals surface area contributed by atoms with Crippen LogP contribution in [0.4, 0.5) is 0 Å². The minimum atomic E-state index is -0.136. The number of hydrogen-bond donors (Lipinski definition) is 0. The first-order chi connectivity index (χ1) is 3.81. The van der Waals surface area contributed by atoms with Crippen LogP contribution in [0.2, 0.25) is 0 Å². The van der Waals surface area contributed by atoms with Crippen molar-refractivity contribution in [2.75, 3.05) is 6.54 Å². The molecule has 0 spiro atoms. The number of nitrogens with zero attached hydrogens (tertiary/aromatic N) is 3. The number of Topliss-reactive ketones (excluding diaryl/α,β-unsaturated/α-hetero) is 1. The molecule has 0 rings (SSSR count). The van der Waals surface area contributed by atoms with Gasteiger partial charge in [-0.1, -0.05) is 5.11 Å². The summed E-state index contributed by atoms with van der Waals surface area (Å²) in [5.74, 6) is -0.136. The monoisotopic (exact) mass is 201 g/mol. The molecule has 0 aromatic heterocycles. The van der Waals surface area contributed by atoms with Crippen molar-refractivity contribution in [1.29, 1.82) is 0 Å². The Hall–Kier alpha value is 0.0839. The summed E-state index contributed by atoms with van der Waals surface area (Å²) in [5, 5.41) is 3.03. The van der Waals surface area contributed by atoms with Gasteiger partial charge < -0.3 is 11.7 Å². The summed E-state index contributed by atoms with van der Waals surface area (Å²) in [7, 11) is 0. The van der Waals surface area contributed by atoms with E-state index in [0.29, 0.717) is 0 Å². The molecular weight excluding hydrogens is 195 g/mol. The van der Waals surface area contributed by atoms with Crippen LogP contribution in [0.3, 0.4) is 0 Å². The van der Waals surface area contributed by atoms with E-state index in [1.165, 1.54) is 0 Å². The molecule has 9 heavy (non-hydrogen) atoms. The molecule has 47 valence electrons. The van der Waals surface area contributed by atoms with Gasteiger partial charge in [-0.05, 0) is 5.53 Å². The van der Waals surface area contributed by atoms with Crippen molar-refractivity contribution < 1.29 is 37.5 Å². The minimum absolute atomic E-state index is 0. The fourth-order valence-electron chi connectivity index (χ4n) is 0.190. The van der Waals surface area contributed by atoms with Crippen LogP contribution >= 0.6 is 0 Å². The van der Waals surface area contributed by atoms with Crippen LogP contribution in [0.15, 0.2) is 5.11 Å². The first-order valence-electron chi connectivity index (χ1n) is 2.13. The average Bonchev–Trinajstić information content (AvgIpc) is 1.83. The van der Waals surface area contributed by atoms with Crippen molar-refractivity contribution in [3.8, 4) is 0 Å². The van der Waals surface area contributed by atoms with Crippen LogP contribution in [0, 0.1) is 6.92 Å². The first kappa shape index (κ1) is 11.8. The smallest absolute Gasteiger partial charge is 0.109 e. The zero-order valence-corrected chi connectivity index (χ0v) is 7.79. The molecule has 0 heterocycles. The predicted octanol–water partition coefficient (Wildman–Crippen LogP) is 1.09. The second kappa shape index (κ2) is 8.08. The van der Waals surface area contributed by atoms with Gasteiger partial charge in [0.1, 0.15) is 5.78 Å². The molecule has 0 fully saturated rings. The molecule has 4 nitrogen and oxygen atoms in total. The summed E-state index contributed by atoms with van der Waals surface area (Å²) in [6.45, 7) is 3.24. The van der Waals surface area contributed by atoms with Crippen molar-refractivity contribution in [3.63, 3.8) is 0 Å². The van der Waals surface area contributed by atoms with Gasteiger partial charge in [-0.25, -0.2) is 0 Å². The largest absolute Gasteiger partial charge is 0.336 e. The Morgan fingerprint density at radius 2 is 2.33 bits per heavy atom. The van der Waals surface area contributed by atoms with Crippen LogP contribution in [-0.2, 0) is 37.5 Å². The molecular formula is C4H6N3OY-. The van der Waals surface area contributed by atoms with E-state index in [0.717, 1.165) is 0 Å². The molecule has 0 aromatic carbocycles. The SMILES string of the molecule is [CH2-]CC(=O)CN=[N+]=[N-].[Y]. The molecule has 0 aliphatic carbocycles. The number of rotatable bonds is 3.